The monoisotopic (exact) mass is 222 g/mol. The van der Waals surface area contributed by atoms with Crippen LogP contribution in [0.4, 0.5) is 8.78 Å². The van der Waals surface area contributed by atoms with Gasteiger partial charge in [0.1, 0.15) is 0 Å². The molecule has 0 aromatic heterocycles. The first-order valence-electron chi connectivity index (χ1n) is 3.54. The first-order chi connectivity index (χ1) is 7.10. The lowest BCUT2D eigenvalue weighted by Gasteiger charge is -2.10. The molecule has 1 aromatic carbocycles. The average molecular weight is 222 g/mol. The van der Waals surface area contributed by atoms with E-state index in [1.165, 1.54) is 0 Å². The first kappa shape index (κ1) is 11.7. The first-order valence-corrected chi connectivity index (χ1v) is 3.54. The van der Waals surface area contributed by atoms with Crippen LogP contribution < -0.4 is 4.65 Å². The van der Waals surface area contributed by atoms with Crippen LogP contribution in [0.15, 0.2) is 12.1 Å². The van der Waals surface area contributed by atoms with Gasteiger partial charge in [0, 0.05) is 0 Å². The molecule has 6 nitrogen and oxygen atoms in total. The topological polar surface area (TPSA) is 88.4 Å². The minimum Gasteiger partial charge on any atom is -0.504 e. The van der Waals surface area contributed by atoms with Gasteiger partial charge in [0.2, 0.25) is 5.82 Å². The van der Waals surface area contributed by atoms with Crippen molar-refractivity contribution in [1.29, 1.82) is 0 Å². The van der Waals surface area contributed by atoms with E-state index in [1.807, 2.05) is 0 Å². The third kappa shape index (κ3) is 2.53. The minimum atomic E-state index is -2.10. The second-order valence-corrected chi connectivity index (χ2v) is 2.33. The van der Waals surface area contributed by atoms with E-state index in [1.54, 1.807) is 0 Å². The molecule has 0 unspecified atom stereocenters. The van der Waals surface area contributed by atoms with Gasteiger partial charge in [-0.05, 0) is 12.1 Å². The summed E-state index contributed by atoms with van der Waals surface area (Å²) in [5, 5.41) is 25.1. The highest BCUT2D eigenvalue weighted by atomic mass is 19.2. The van der Waals surface area contributed by atoms with Crippen molar-refractivity contribution in [3.8, 4) is 11.5 Å². The Kier molecular flexibility index (Phi) is 3.80. The van der Waals surface area contributed by atoms with E-state index in [0.717, 1.165) is 6.07 Å². The smallest absolute Gasteiger partial charge is 0.504 e. The summed E-state index contributed by atoms with van der Waals surface area (Å²) in [6.07, 6.45) is 0. The maximum absolute atomic E-state index is 13.0. The molecule has 3 N–H and O–H groups in total. The van der Waals surface area contributed by atoms with Crippen LogP contribution in [-0.2, 0) is 9.61 Å². The molecule has 15 heavy (non-hydrogen) atoms. The summed E-state index contributed by atoms with van der Waals surface area (Å²) in [5.41, 5.74) is 0. The van der Waals surface area contributed by atoms with Crippen LogP contribution in [0, 0.1) is 11.6 Å². The molecule has 0 aliphatic heterocycles. The van der Waals surface area contributed by atoms with E-state index in [9.17, 15) is 8.78 Å². The number of hydrogen-bond acceptors (Lipinski definition) is 6. The highest BCUT2D eigenvalue weighted by Crippen LogP contribution is 2.31. The molecule has 0 spiro atoms. The van der Waals surface area contributed by atoms with Gasteiger partial charge in [0.15, 0.2) is 17.3 Å². The highest BCUT2D eigenvalue weighted by Gasteiger charge is 2.29. The van der Waals surface area contributed by atoms with Crippen molar-refractivity contribution in [2.24, 2.45) is 0 Å². The third-order valence-corrected chi connectivity index (χ3v) is 1.42. The molecule has 0 saturated heterocycles. The van der Waals surface area contributed by atoms with Crippen molar-refractivity contribution in [2.75, 3.05) is 0 Å². The van der Waals surface area contributed by atoms with Crippen LogP contribution in [0.2, 0.25) is 0 Å². The SMILES string of the molecule is OOB(OO)Oc1c(O)ccc(F)c1F. The van der Waals surface area contributed by atoms with Gasteiger partial charge in [0.25, 0.3) is 0 Å². The lowest BCUT2D eigenvalue weighted by Crippen LogP contribution is -2.28. The maximum Gasteiger partial charge on any atom is 0.770 e. The number of phenolic OH excluding ortho intramolecular Hbond substituents is 1. The van der Waals surface area contributed by atoms with Crippen molar-refractivity contribution in [1.82, 2.24) is 0 Å². The summed E-state index contributed by atoms with van der Waals surface area (Å²) >= 11 is 0. The molecule has 82 valence electrons. The molecule has 0 fully saturated rings. The molecular weight excluding hydrogens is 217 g/mol. The summed E-state index contributed by atoms with van der Waals surface area (Å²) in [4.78, 5) is 6.72. The quantitative estimate of drug-likeness (QED) is 0.400. The fourth-order valence-electron chi connectivity index (χ4n) is 0.792. The molecule has 0 radical (unpaired) electrons. The minimum absolute atomic E-state index is 0.659. The number of aromatic hydroxyl groups is 1. The third-order valence-electron chi connectivity index (χ3n) is 1.42. The Morgan fingerprint density at radius 3 is 2.27 bits per heavy atom. The summed E-state index contributed by atoms with van der Waals surface area (Å²) in [6.45, 7) is 0. The Labute approximate surface area is 82.3 Å². The van der Waals surface area contributed by atoms with E-state index in [-0.39, 0.29) is 0 Å². The molecule has 0 aliphatic rings. The molecular formula is C6H5BF2O6. The zero-order chi connectivity index (χ0) is 11.4. The summed E-state index contributed by atoms with van der Waals surface area (Å²) in [5.74, 6) is -4.54. The maximum atomic E-state index is 13.0. The van der Waals surface area contributed by atoms with E-state index in [0.29, 0.717) is 6.07 Å². The largest absolute Gasteiger partial charge is 0.770 e. The summed E-state index contributed by atoms with van der Waals surface area (Å²) < 4.78 is 29.9. The molecule has 0 bridgehead atoms. The Bertz CT molecular complexity index is 345. The number of phenols is 1. The van der Waals surface area contributed by atoms with Crippen LogP contribution in [-0.4, -0.2) is 22.9 Å². The summed E-state index contributed by atoms with van der Waals surface area (Å²) in [6, 6.07) is 1.46. The lowest BCUT2D eigenvalue weighted by atomic mass is 10.2. The fraction of sp³-hybridized carbons (Fsp3) is 0. The van der Waals surface area contributed by atoms with E-state index in [2.05, 4.69) is 14.3 Å². The van der Waals surface area contributed by atoms with Crippen molar-refractivity contribution in [3.05, 3.63) is 23.8 Å². The van der Waals surface area contributed by atoms with Crippen LogP contribution in [0.25, 0.3) is 0 Å². The Hall–Kier alpha value is -1.42. The summed E-state index contributed by atoms with van der Waals surface area (Å²) in [7, 11) is -2.10. The predicted molar refractivity (Wildman–Crippen MR) is 41.8 cm³/mol. The zero-order valence-corrected chi connectivity index (χ0v) is 7.05. The van der Waals surface area contributed by atoms with Gasteiger partial charge < -0.3 is 9.76 Å². The van der Waals surface area contributed by atoms with E-state index in [4.69, 9.17) is 15.6 Å². The van der Waals surface area contributed by atoms with Gasteiger partial charge >= 0.3 is 7.32 Å². The molecule has 1 aromatic rings. The fourth-order valence-corrected chi connectivity index (χ4v) is 0.792. The molecule has 9 heteroatoms. The van der Waals surface area contributed by atoms with Gasteiger partial charge in [-0.1, -0.05) is 0 Å². The number of hydrogen-bond donors (Lipinski definition) is 3. The van der Waals surface area contributed by atoms with Crippen molar-refractivity contribution >= 4 is 7.32 Å². The standard InChI is InChI=1S/C6H5BF2O6/c8-3-1-2-4(10)6(5(3)9)13-7(14-11)15-12/h1-2,10-12H. The van der Waals surface area contributed by atoms with Gasteiger partial charge in [-0.3, -0.25) is 10.5 Å². The molecule has 0 atom stereocenters. The van der Waals surface area contributed by atoms with Crippen molar-refractivity contribution in [2.45, 2.75) is 0 Å². The van der Waals surface area contributed by atoms with Crippen LogP contribution >= 0.6 is 0 Å². The van der Waals surface area contributed by atoms with Crippen molar-refractivity contribution < 1.29 is 38.7 Å². The molecule has 1 rings (SSSR count). The Morgan fingerprint density at radius 2 is 1.73 bits per heavy atom. The van der Waals surface area contributed by atoms with Crippen LogP contribution in [0.5, 0.6) is 11.5 Å². The number of rotatable bonds is 4. The molecule has 0 heterocycles. The second kappa shape index (κ2) is 4.89. The Balaban J connectivity index is 2.97. The molecule has 0 aliphatic carbocycles. The predicted octanol–water partition coefficient (Wildman–Crippen LogP) is 1.01. The molecule has 0 saturated carbocycles. The van der Waals surface area contributed by atoms with Gasteiger partial charge in [-0.2, -0.15) is 4.39 Å². The molecule has 0 amide bonds. The van der Waals surface area contributed by atoms with Crippen LogP contribution in [0.1, 0.15) is 0 Å². The van der Waals surface area contributed by atoms with Gasteiger partial charge in [-0.25, -0.2) is 14.0 Å². The van der Waals surface area contributed by atoms with E-state index >= 15 is 0 Å². The zero-order valence-electron chi connectivity index (χ0n) is 7.05. The van der Waals surface area contributed by atoms with E-state index < -0.39 is 30.5 Å². The van der Waals surface area contributed by atoms with Crippen LogP contribution in [0.3, 0.4) is 0 Å². The number of halogens is 2. The second-order valence-electron chi connectivity index (χ2n) is 2.33. The lowest BCUT2D eigenvalue weighted by molar-refractivity contribution is -0.242. The highest BCUT2D eigenvalue weighted by molar-refractivity contribution is 6.36. The average Bonchev–Trinajstić information content (AvgIpc) is 2.24. The normalized spacial score (nSPS) is 10.1. The van der Waals surface area contributed by atoms with Crippen molar-refractivity contribution in [3.63, 3.8) is 0 Å². The Morgan fingerprint density at radius 1 is 1.13 bits per heavy atom. The number of benzene rings is 1. The van der Waals surface area contributed by atoms with Gasteiger partial charge in [0.05, 0.1) is 0 Å². The van der Waals surface area contributed by atoms with Gasteiger partial charge in [-0.15, -0.1) is 0 Å².